The lowest BCUT2D eigenvalue weighted by Gasteiger charge is -2.46. The topological polar surface area (TPSA) is 103 Å². The molecule has 1 aliphatic carbocycles. The van der Waals surface area contributed by atoms with Gasteiger partial charge in [-0.2, -0.15) is 0 Å². The minimum atomic E-state index is -0.689. The Morgan fingerprint density at radius 2 is 1.51 bits per heavy atom. The van der Waals surface area contributed by atoms with Crippen molar-refractivity contribution in [3.8, 4) is 0 Å². The van der Waals surface area contributed by atoms with Gasteiger partial charge in [0.15, 0.2) is 6.10 Å². The van der Waals surface area contributed by atoms with Crippen molar-refractivity contribution in [2.75, 3.05) is 65.6 Å². The highest BCUT2D eigenvalue weighted by molar-refractivity contribution is 5.85. The number of nitrogens with one attached hydrogen (secondary N) is 2. The fraction of sp³-hybridized carbons (Fsp3) is 0.903. The third-order valence-electron chi connectivity index (χ3n) is 11.1. The maximum atomic E-state index is 13.6. The number of fused-ring (bicyclic) bond motifs is 3. The van der Waals surface area contributed by atoms with Crippen LogP contribution in [0.4, 0.5) is 0 Å². The van der Waals surface area contributed by atoms with Crippen molar-refractivity contribution in [2.45, 2.75) is 101 Å². The molecule has 1 saturated carbocycles. The van der Waals surface area contributed by atoms with E-state index in [-0.39, 0.29) is 24.1 Å². The van der Waals surface area contributed by atoms with Crippen LogP contribution in [0.3, 0.4) is 0 Å². The van der Waals surface area contributed by atoms with Crippen LogP contribution in [0.25, 0.3) is 0 Å². The van der Waals surface area contributed by atoms with E-state index in [2.05, 4.69) is 20.4 Å². The molecule has 5 heterocycles. The maximum absolute atomic E-state index is 13.6. The molecular formula is C31H51N5O5. The lowest BCUT2D eigenvalue weighted by atomic mass is 9.80. The van der Waals surface area contributed by atoms with Crippen molar-refractivity contribution in [3.63, 3.8) is 0 Å². The number of rotatable bonds is 2. The second-order valence-electron chi connectivity index (χ2n) is 13.6. The Kier molecular flexibility index (Phi) is 9.49. The molecule has 0 unspecified atom stereocenters. The Labute approximate surface area is 245 Å². The zero-order valence-electron chi connectivity index (χ0n) is 24.8. The summed E-state index contributed by atoms with van der Waals surface area (Å²) in [7, 11) is 0. The second kappa shape index (κ2) is 13.3. The van der Waals surface area contributed by atoms with Gasteiger partial charge in [-0.3, -0.25) is 14.4 Å². The lowest BCUT2D eigenvalue weighted by molar-refractivity contribution is -0.149. The number of carbonyl (C=O) groups excluding carboxylic acids is 3. The summed E-state index contributed by atoms with van der Waals surface area (Å²) in [5, 5.41) is 6.51. The number of amides is 3. The van der Waals surface area contributed by atoms with Crippen LogP contribution in [0.5, 0.6) is 0 Å². The zero-order chi connectivity index (χ0) is 28.2. The second-order valence-corrected chi connectivity index (χ2v) is 13.6. The Morgan fingerprint density at radius 1 is 0.756 bits per heavy atom. The molecule has 3 atom stereocenters. The van der Waals surface area contributed by atoms with Gasteiger partial charge in [0.2, 0.25) is 11.8 Å². The summed E-state index contributed by atoms with van der Waals surface area (Å²) in [5.74, 6) is 0.688. The molecule has 230 valence electrons. The summed E-state index contributed by atoms with van der Waals surface area (Å²) >= 11 is 0. The summed E-state index contributed by atoms with van der Waals surface area (Å²) in [6.07, 6.45) is 10.8. The third-order valence-corrected chi connectivity index (χ3v) is 11.1. The molecule has 0 aromatic rings. The maximum Gasteiger partial charge on any atom is 0.251 e. The Bertz CT molecular complexity index is 928. The van der Waals surface area contributed by atoms with Gasteiger partial charge in [0.05, 0.1) is 18.7 Å². The number of piperidine rings is 2. The number of morpholine rings is 1. The van der Waals surface area contributed by atoms with Gasteiger partial charge in [0.1, 0.15) is 0 Å². The number of hydrogen-bond acceptors (Lipinski definition) is 7. The van der Waals surface area contributed by atoms with Gasteiger partial charge in [-0.15, -0.1) is 0 Å². The molecule has 41 heavy (non-hydrogen) atoms. The molecule has 5 aliphatic heterocycles. The van der Waals surface area contributed by atoms with E-state index >= 15 is 0 Å². The molecule has 1 spiro atoms. The van der Waals surface area contributed by atoms with Crippen molar-refractivity contribution in [1.29, 1.82) is 0 Å². The van der Waals surface area contributed by atoms with E-state index in [1.807, 2.05) is 4.90 Å². The number of likely N-dealkylation sites (tertiary alicyclic amines) is 2. The molecule has 0 aromatic carbocycles. The first-order valence-electron chi connectivity index (χ1n) is 16.5. The molecule has 5 saturated heterocycles. The van der Waals surface area contributed by atoms with Crippen LogP contribution >= 0.6 is 0 Å². The largest absolute Gasteiger partial charge is 0.381 e. The van der Waals surface area contributed by atoms with Crippen LogP contribution in [-0.4, -0.2) is 122 Å². The van der Waals surface area contributed by atoms with E-state index in [4.69, 9.17) is 9.47 Å². The molecule has 0 aromatic heterocycles. The summed E-state index contributed by atoms with van der Waals surface area (Å²) in [5.41, 5.74) is -0.592. The third kappa shape index (κ3) is 7.08. The van der Waals surface area contributed by atoms with Crippen molar-refractivity contribution in [2.24, 2.45) is 11.8 Å². The zero-order valence-corrected chi connectivity index (χ0v) is 24.8. The number of carbonyl (C=O) groups is 3. The van der Waals surface area contributed by atoms with Crippen LogP contribution in [0.2, 0.25) is 0 Å². The standard InChI is InChI=1S/C31H51N5O5/c37-28-20-31(9-13-34(14-10-31)26-7-16-40-17-8-26)33-30(39)27-22-36(15-18-41-27)29(38)19-23-6-12-35(25-3-1-2-4-25)21-24(23)5-11-32-28/h23-27H,1-22H2,(H,32,37)(H,33,39)/t23-,24-,27-/m0/s1. The van der Waals surface area contributed by atoms with Crippen LogP contribution in [0, 0.1) is 11.8 Å². The SMILES string of the molecule is O=C1CC2(CCN(C3CCOCC3)CC2)NC(=O)[C@@H]2CN(CCO2)C(=O)C[C@@H]2CCN(C3CCCC3)C[C@@H]2CCN1. The highest BCUT2D eigenvalue weighted by atomic mass is 16.5. The Morgan fingerprint density at radius 3 is 2.29 bits per heavy atom. The van der Waals surface area contributed by atoms with E-state index in [1.165, 1.54) is 25.7 Å². The van der Waals surface area contributed by atoms with Gasteiger partial charge >= 0.3 is 0 Å². The molecule has 2 N–H and O–H groups in total. The van der Waals surface area contributed by atoms with Crippen LogP contribution in [0.1, 0.15) is 77.0 Å². The minimum Gasteiger partial charge on any atom is -0.381 e. The van der Waals surface area contributed by atoms with E-state index in [0.717, 1.165) is 77.9 Å². The van der Waals surface area contributed by atoms with Crippen LogP contribution < -0.4 is 10.6 Å². The molecule has 10 heteroatoms. The Balaban J connectivity index is 1.16. The lowest BCUT2D eigenvalue weighted by Crippen LogP contribution is -2.62. The fourth-order valence-electron chi connectivity index (χ4n) is 8.52. The molecule has 6 aliphatic rings. The van der Waals surface area contributed by atoms with E-state index in [0.29, 0.717) is 56.6 Å². The monoisotopic (exact) mass is 573 g/mol. The van der Waals surface area contributed by atoms with Crippen molar-refractivity contribution in [3.05, 3.63) is 0 Å². The summed E-state index contributed by atoms with van der Waals surface area (Å²) in [6.45, 7) is 7.25. The van der Waals surface area contributed by atoms with Crippen molar-refractivity contribution < 1.29 is 23.9 Å². The molecular weight excluding hydrogens is 522 g/mol. The average Bonchev–Trinajstić information content (AvgIpc) is 3.54. The number of hydrogen-bond donors (Lipinski definition) is 2. The van der Waals surface area contributed by atoms with E-state index in [9.17, 15) is 14.4 Å². The number of ether oxygens (including phenoxy) is 2. The van der Waals surface area contributed by atoms with E-state index < -0.39 is 11.6 Å². The molecule has 2 bridgehead atoms. The first kappa shape index (κ1) is 29.3. The average molecular weight is 574 g/mol. The summed E-state index contributed by atoms with van der Waals surface area (Å²) < 4.78 is 11.5. The van der Waals surface area contributed by atoms with Gasteiger partial charge < -0.3 is 34.8 Å². The normalized spacial score (nSPS) is 34.0. The molecule has 0 radical (unpaired) electrons. The molecule has 6 rings (SSSR count). The quantitative estimate of drug-likeness (QED) is 0.517. The van der Waals surface area contributed by atoms with Crippen LogP contribution in [-0.2, 0) is 23.9 Å². The molecule has 6 fully saturated rings. The highest BCUT2D eigenvalue weighted by Crippen LogP contribution is 2.35. The van der Waals surface area contributed by atoms with Crippen molar-refractivity contribution in [1.82, 2.24) is 25.3 Å². The summed E-state index contributed by atoms with van der Waals surface area (Å²) in [6, 6.07) is 1.20. The predicted octanol–water partition coefficient (Wildman–Crippen LogP) is 1.52. The van der Waals surface area contributed by atoms with Gasteiger partial charge in [-0.05, 0) is 69.7 Å². The van der Waals surface area contributed by atoms with Gasteiger partial charge in [-0.1, -0.05) is 12.8 Å². The smallest absolute Gasteiger partial charge is 0.251 e. The van der Waals surface area contributed by atoms with Crippen LogP contribution in [0.15, 0.2) is 0 Å². The molecule has 3 amide bonds. The number of nitrogens with zero attached hydrogens (tertiary/aromatic N) is 3. The van der Waals surface area contributed by atoms with Crippen molar-refractivity contribution >= 4 is 17.7 Å². The first-order valence-corrected chi connectivity index (χ1v) is 16.5. The summed E-state index contributed by atoms with van der Waals surface area (Å²) in [4.78, 5) is 47.6. The first-order chi connectivity index (χ1) is 20.0. The fourth-order valence-corrected chi connectivity index (χ4v) is 8.52. The highest BCUT2D eigenvalue weighted by Gasteiger charge is 2.43. The van der Waals surface area contributed by atoms with Gasteiger partial charge in [0.25, 0.3) is 5.91 Å². The van der Waals surface area contributed by atoms with Gasteiger partial charge in [0, 0.05) is 70.9 Å². The van der Waals surface area contributed by atoms with E-state index in [1.54, 1.807) is 0 Å². The van der Waals surface area contributed by atoms with Gasteiger partial charge in [-0.25, -0.2) is 0 Å². The Hall–Kier alpha value is -1.75. The minimum absolute atomic E-state index is 0.0157. The molecule has 10 nitrogen and oxygen atoms in total. The predicted molar refractivity (Wildman–Crippen MR) is 154 cm³/mol.